The van der Waals surface area contributed by atoms with E-state index in [0.29, 0.717) is 4.90 Å². The summed E-state index contributed by atoms with van der Waals surface area (Å²) in [4.78, 5) is 0.334. The molecule has 158 valence electrons. The molecule has 1 N–H and O–H groups in total. The molecule has 0 aliphatic carbocycles. The molecule has 0 aliphatic rings. The second kappa shape index (κ2) is 8.71. The maximum atomic E-state index is 13.9. The molecule has 0 amide bonds. The van der Waals surface area contributed by atoms with Crippen molar-refractivity contribution in [3.63, 3.8) is 0 Å². The summed E-state index contributed by atoms with van der Waals surface area (Å²) in [5.74, 6) is 0. The highest BCUT2D eigenvalue weighted by molar-refractivity contribution is 8.02. The molecule has 2 atom stereocenters. The van der Waals surface area contributed by atoms with Crippen LogP contribution in [0.15, 0.2) is 86.4 Å². The third-order valence-corrected chi connectivity index (χ3v) is 8.85. The quantitative estimate of drug-likeness (QED) is 0.577. The zero-order valence-electron chi connectivity index (χ0n) is 17.5. The number of hydrogen-bond donors (Lipinski definition) is 1. The zero-order valence-corrected chi connectivity index (χ0v) is 19.1. The summed E-state index contributed by atoms with van der Waals surface area (Å²) in [6, 6.07) is 20.6. The van der Waals surface area contributed by atoms with E-state index in [0.717, 1.165) is 22.3 Å². The van der Waals surface area contributed by atoms with Crippen molar-refractivity contribution >= 4 is 19.9 Å². The molecule has 0 fully saturated rings. The zero-order chi connectivity index (χ0) is 21.9. The van der Waals surface area contributed by atoms with Gasteiger partial charge in [0.05, 0.1) is 9.79 Å². The van der Waals surface area contributed by atoms with Crippen LogP contribution in [-0.2, 0) is 19.9 Å². The lowest BCUT2D eigenvalue weighted by molar-refractivity contribution is 0.597. The highest BCUT2D eigenvalue weighted by atomic mass is 32.3. The maximum Gasteiger partial charge on any atom is 0.291 e. The Balaban J connectivity index is 2.11. The minimum Gasteiger partial charge on any atom is -0.228 e. The Kier molecular flexibility index (Phi) is 6.45. The van der Waals surface area contributed by atoms with E-state index in [9.17, 15) is 12.6 Å². The van der Waals surface area contributed by atoms with Gasteiger partial charge in [-0.05, 0) is 57.5 Å². The standard InChI is InChI=1S/C23H26N2O3S2/c1-17-5-11-21(12-6-17)20(4)24-29(26,22-13-7-18(2)8-14-22)25-30(27,28)23-15-9-19(3)10-16-23/h5-16,20H,1-4H3,(H,24,25,26)/t20-,29?/m1/s1. The van der Waals surface area contributed by atoms with Gasteiger partial charge in [-0.3, -0.25) is 0 Å². The number of hydrogen-bond acceptors (Lipinski definition) is 3. The molecule has 3 aromatic carbocycles. The molecule has 0 heterocycles. The molecule has 1 unspecified atom stereocenters. The number of nitrogens with one attached hydrogen (secondary N) is 1. The first-order valence-corrected chi connectivity index (χ1v) is 12.6. The van der Waals surface area contributed by atoms with Gasteiger partial charge in [0.15, 0.2) is 9.92 Å². The van der Waals surface area contributed by atoms with Crippen LogP contribution in [0.2, 0.25) is 0 Å². The summed E-state index contributed by atoms with van der Waals surface area (Å²) in [6.07, 6.45) is 0. The minimum absolute atomic E-state index is 0.0118. The lowest BCUT2D eigenvalue weighted by atomic mass is 10.1. The summed E-state index contributed by atoms with van der Waals surface area (Å²) in [7, 11) is -7.61. The number of aryl methyl sites for hydroxylation is 3. The Morgan fingerprint density at radius 1 is 0.667 bits per heavy atom. The molecule has 3 rings (SSSR count). The molecule has 0 radical (unpaired) electrons. The molecule has 5 nitrogen and oxygen atoms in total. The molecule has 0 aliphatic heterocycles. The number of nitrogens with zero attached hydrogens (tertiary/aromatic N) is 1. The van der Waals surface area contributed by atoms with Gasteiger partial charge in [0.2, 0.25) is 0 Å². The topological polar surface area (TPSA) is 75.6 Å². The molecule has 0 aromatic heterocycles. The van der Waals surface area contributed by atoms with Gasteiger partial charge in [-0.25, -0.2) is 8.93 Å². The Morgan fingerprint density at radius 2 is 1.07 bits per heavy atom. The third kappa shape index (κ3) is 5.16. The second-order valence-corrected chi connectivity index (χ2v) is 11.2. The van der Waals surface area contributed by atoms with Crippen LogP contribution >= 0.6 is 0 Å². The predicted octanol–water partition coefficient (Wildman–Crippen LogP) is 5.09. The molecule has 3 aromatic rings. The molecule has 30 heavy (non-hydrogen) atoms. The number of sulfonamides is 1. The van der Waals surface area contributed by atoms with Gasteiger partial charge < -0.3 is 0 Å². The van der Waals surface area contributed by atoms with Crippen LogP contribution in [0.25, 0.3) is 0 Å². The van der Waals surface area contributed by atoms with Crippen molar-refractivity contribution in [3.05, 3.63) is 95.1 Å². The minimum atomic E-state index is -4.14. The molecular weight excluding hydrogens is 416 g/mol. The largest absolute Gasteiger partial charge is 0.291 e. The number of benzene rings is 3. The van der Waals surface area contributed by atoms with Crippen molar-refractivity contribution in [2.45, 2.75) is 43.5 Å². The average Bonchev–Trinajstić information content (AvgIpc) is 2.68. The smallest absolute Gasteiger partial charge is 0.228 e. The first kappa shape index (κ1) is 22.2. The van der Waals surface area contributed by atoms with E-state index >= 15 is 0 Å². The lowest BCUT2D eigenvalue weighted by Crippen LogP contribution is -2.28. The summed E-state index contributed by atoms with van der Waals surface area (Å²) < 4.78 is 46.8. The van der Waals surface area contributed by atoms with E-state index in [1.807, 2.05) is 52.0 Å². The van der Waals surface area contributed by atoms with Crippen LogP contribution in [0.3, 0.4) is 0 Å². The molecule has 7 heteroatoms. The maximum absolute atomic E-state index is 13.9. The van der Waals surface area contributed by atoms with Crippen LogP contribution in [0, 0.1) is 20.8 Å². The van der Waals surface area contributed by atoms with Gasteiger partial charge in [-0.1, -0.05) is 69.0 Å². The van der Waals surface area contributed by atoms with E-state index in [4.69, 9.17) is 0 Å². The van der Waals surface area contributed by atoms with Gasteiger partial charge in [0, 0.05) is 6.04 Å². The summed E-state index contributed by atoms with van der Waals surface area (Å²) >= 11 is 0. The Bertz CT molecular complexity index is 1240. The van der Waals surface area contributed by atoms with Crippen molar-refractivity contribution in [2.75, 3.05) is 0 Å². The van der Waals surface area contributed by atoms with Crippen LogP contribution in [0.5, 0.6) is 0 Å². The van der Waals surface area contributed by atoms with Crippen molar-refractivity contribution in [3.8, 4) is 0 Å². The fraction of sp³-hybridized carbons (Fsp3) is 0.217. The van der Waals surface area contributed by atoms with Crippen molar-refractivity contribution in [2.24, 2.45) is 3.77 Å². The lowest BCUT2D eigenvalue weighted by Gasteiger charge is -2.19. The SMILES string of the molecule is Cc1ccc([C@@H](C)NS(=O)(=NS(=O)(=O)c2ccc(C)cc2)c2ccc(C)cc2)cc1. The monoisotopic (exact) mass is 442 g/mol. The van der Waals surface area contributed by atoms with Gasteiger partial charge in [-0.15, -0.1) is 0 Å². The highest BCUT2D eigenvalue weighted by Crippen LogP contribution is 2.23. The van der Waals surface area contributed by atoms with Crippen LogP contribution in [0.4, 0.5) is 0 Å². The molecule has 0 saturated carbocycles. The molecule has 0 saturated heterocycles. The van der Waals surface area contributed by atoms with Crippen LogP contribution in [-0.4, -0.2) is 12.6 Å². The molecule has 0 spiro atoms. The van der Waals surface area contributed by atoms with Gasteiger partial charge in [-0.2, -0.15) is 8.42 Å². The normalized spacial score (nSPS) is 14.7. The first-order chi connectivity index (χ1) is 14.1. The Morgan fingerprint density at radius 3 is 1.53 bits per heavy atom. The molecular formula is C23H26N2O3S2. The van der Waals surface area contributed by atoms with E-state index in [2.05, 4.69) is 8.49 Å². The van der Waals surface area contributed by atoms with Gasteiger partial charge >= 0.3 is 0 Å². The van der Waals surface area contributed by atoms with E-state index < -0.39 is 19.9 Å². The van der Waals surface area contributed by atoms with Crippen molar-refractivity contribution < 1.29 is 12.6 Å². The first-order valence-electron chi connectivity index (χ1n) is 9.60. The Labute approximate surface area is 179 Å². The summed E-state index contributed by atoms with van der Waals surface area (Å²) in [5.41, 5.74) is 3.91. The van der Waals surface area contributed by atoms with E-state index in [1.165, 1.54) is 12.1 Å². The summed E-state index contributed by atoms with van der Waals surface area (Å²) in [6.45, 7) is 7.61. The number of rotatable bonds is 6. The fourth-order valence-electron chi connectivity index (χ4n) is 2.91. The average molecular weight is 443 g/mol. The highest BCUT2D eigenvalue weighted by Gasteiger charge is 2.23. The van der Waals surface area contributed by atoms with Gasteiger partial charge in [0.1, 0.15) is 0 Å². The summed E-state index contributed by atoms with van der Waals surface area (Å²) in [5, 5.41) is 0. The van der Waals surface area contributed by atoms with Crippen LogP contribution in [0.1, 0.15) is 35.2 Å². The van der Waals surface area contributed by atoms with Crippen LogP contribution < -0.4 is 4.72 Å². The van der Waals surface area contributed by atoms with E-state index in [1.54, 1.807) is 36.4 Å². The Hall–Kier alpha value is -2.48. The predicted molar refractivity (Wildman–Crippen MR) is 121 cm³/mol. The second-order valence-electron chi connectivity index (χ2n) is 7.45. The third-order valence-electron chi connectivity index (χ3n) is 4.78. The fourth-order valence-corrected chi connectivity index (χ4v) is 6.61. The molecule has 0 bridgehead atoms. The van der Waals surface area contributed by atoms with E-state index in [-0.39, 0.29) is 10.9 Å². The van der Waals surface area contributed by atoms with Gasteiger partial charge in [0.25, 0.3) is 10.0 Å². The van der Waals surface area contributed by atoms with Crippen molar-refractivity contribution in [1.82, 2.24) is 4.72 Å². The van der Waals surface area contributed by atoms with Crippen molar-refractivity contribution in [1.29, 1.82) is 0 Å².